The molecule has 0 aromatic carbocycles. The highest BCUT2D eigenvalue weighted by molar-refractivity contribution is 6.33. The van der Waals surface area contributed by atoms with Crippen molar-refractivity contribution < 1.29 is 9.32 Å². The van der Waals surface area contributed by atoms with Gasteiger partial charge in [-0.25, -0.2) is 4.98 Å². The summed E-state index contributed by atoms with van der Waals surface area (Å²) < 4.78 is 5.10. The van der Waals surface area contributed by atoms with E-state index in [0.29, 0.717) is 35.5 Å². The number of nitrogens with zero attached hydrogens (tertiary/aromatic N) is 4. The highest BCUT2D eigenvalue weighted by atomic mass is 35.5. The first-order chi connectivity index (χ1) is 9.51. The van der Waals surface area contributed by atoms with Crippen LogP contribution in [0.4, 0.5) is 5.82 Å². The van der Waals surface area contributed by atoms with Crippen LogP contribution in [0, 0.1) is 0 Å². The average Bonchev–Trinajstić information content (AvgIpc) is 2.85. The van der Waals surface area contributed by atoms with Gasteiger partial charge in [0.05, 0.1) is 17.1 Å². The summed E-state index contributed by atoms with van der Waals surface area (Å²) in [7, 11) is 1.79. The molecular formula is C12H14ClN5O2. The number of rotatable bonds is 5. The van der Waals surface area contributed by atoms with Crippen molar-refractivity contribution in [2.75, 3.05) is 11.9 Å². The van der Waals surface area contributed by atoms with E-state index in [9.17, 15) is 4.79 Å². The van der Waals surface area contributed by atoms with E-state index in [4.69, 9.17) is 21.9 Å². The summed E-state index contributed by atoms with van der Waals surface area (Å²) >= 11 is 6.09. The fourth-order valence-electron chi connectivity index (χ4n) is 1.62. The van der Waals surface area contributed by atoms with Gasteiger partial charge in [-0.1, -0.05) is 23.7 Å². The van der Waals surface area contributed by atoms with Gasteiger partial charge in [0.2, 0.25) is 11.8 Å². The lowest BCUT2D eigenvalue weighted by Gasteiger charge is -2.17. The molecule has 2 N–H and O–H groups in total. The Hall–Kier alpha value is -2.15. The van der Waals surface area contributed by atoms with Crippen LogP contribution in [0.25, 0.3) is 0 Å². The van der Waals surface area contributed by atoms with E-state index in [-0.39, 0.29) is 5.56 Å². The quantitative estimate of drug-likeness (QED) is 0.895. The van der Waals surface area contributed by atoms with Crippen molar-refractivity contribution in [3.05, 3.63) is 34.6 Å². The number of pyridine rings is 1. The number of aromatic nitrogens is 3. The van der Waals surface area contributed by atoms with E-state index < -0.39 is 5.91 Å². The molecule has 7 nitrogen and oxygen atoms in total. The van der Waals surface area contributed by atoms with Crippen molar-refractivity contribution >= 4 is 23.3 Å². The maximum absolute atomic E-state index is 11.0. The van der Waals surface area contributed by atoms with Crippen LogP contribution in [0.15, 0.2) is 16.8 Å². The molecule has 20 heavy (non-hydrogen) atoms. The summed E-state index contributed by atoms with van der Waals surface area (Å²) in [6.45, 7) is 2.31. The second-order valence-electron chi connectivity index (χ2n) is 4.21. The number of carbonyl (C=O) groups excluding carboxylic acids is 1. The van der Waals surface area contributed by atoms with E-state index in [1.807, 2.05) is 6.92 Å². The Labute approximate surface area is 120 Å². The molecule has 0 fully saturated rings. The molecule has 0 aliphatic rings. The number of anilines is 1. The van der Waals surface area contributed by atoms with Crippen molar-refractivity contribution in [2.45, 2.75) is 19.9 Å². The number of carbonyl (C=O) groups is 1. The number of amides is 1. The van der Waals surface area contributed by atoms with E-state index in [1.54, 1.807) is 11.9 Å². The lowest BCUT2D eigenvalue weighted by molar-refractivity contribution is 0.1000. The Morgan fingerprint density at radius 2 is 2.30 bits per heavy atom. The molecule has 1 amide bonds. The molecule has 0 aliphatic carbocycles. The lowest BCUT2D eigenvalue weighted by atomic mass is 10.2. The minimum Gasteiger partial charge on any atom is -0.366 e. The first-order valence-corrected chi connectivity index (χ1v) is 6.37. The summed E-state index contributed by atoms with van der Waals surface area (Å²) in [4.78, 5) is 21.1. The van der Waals surface area contributed by atoms with Gasteiger partial charge in [0.15, 0.2) is 5.82 Å². The number of hydrogen-bond donors (Lipinski definition) is 1. The zero-order valence-electron chi connectivity index (χ0n) is 11.1. The van der Waals surface area contributed by atoms with E-state index in [1.165, 1.54) is 12.3 Å². The molecular weight excluding hydrogens is 282 g/mol. The molecule has 0 saturated heterocycles. The standard InChI is InChI=1S/C12H14ClN5O2/c1-3-9-16-10(20-17-9)6-18(2)12-8(13)4-7(5-15-12)11(14)19/h4-5H,3,6H2,1-2H3,(H2,14,19). The van der Waals surface area contributed by atoms with Crippen LogP contribution in [0.5, 0.6) is 0 Å². The van der Waals surface area contributed by atoms with Gasteiger partial charge < -0.3 is 15.2 Å². The Kier molecular flexibility index (Phi) is 4.19. The molecule has 0 radical (unpaired) electrons. The topological polar surface area (TPSA) is 98.1 Å². The molecule has 0 saturated carbocycles. The van der Waals surface area contributed by atoms with Crippen LogP contribution in [0.2, 0.25) is 5.02 Å². The predicted molar refractivity (Wildman–Crippen MR) is 73.5 cm³/mol. The fourth-order valence-corrected chi connectivity index (χ4v) is 1.93. The predicted octanol–water partition coefficient (Wildman–Crippen LogP) is 1.42. The number of aryl methyl sites for hydroxylation is 1. The molecule has 0 unspecified atom stereocenters. The van der Waals surface area contributed by atoms with Crippen molar-refractivity contribution in [3.8, 4) is 0 Å². The summed E-state index contributed by atoms with van der Waals surface area (Å²) in [6, 6.07) is 1.48. The minimum absolute atomic E-state index is 0.262. The van der Waals surface area contributed by atoms with Crippen molar-refractivity contribution in [1.82, 2.24) is 15.1 Å². The third kappa shape index (κ3) is 3.05. The van der Waals surface area contributed by atoms with E-state index in [0.717, 1.165) is 0 Å². The van der Waals surface area contributed by atoms with Crippen LogP contribution >= 0.6 is 11.6 Å². The fraction of sp³-hybridized carbons (Fsp3) is 0.333. The highest BCUT2D eigenvalue weighted by Gasteiger charge is 2.14. The minimum atomic E-state index is -0.571. The van der Waals surface area contributed by atoms with Gasteiger partial charge in [-0.2, -0.15) is 4.98 Å². The first kappa shape index (κ1) is 14.3. The van der Waals surface area contributed by atoms with Crippen molar-refractivity contribution in [3.63, 3.8) is 0 Å². The SMILES string of the molecule is CCc1noc(CN(C)c2ncc(C(N)=O)cc2Cl)n1. The number of primary amides is 1. The molecule has 2 heterocycles. The molecule has 0 bridgehead atoms. The first-order valence-electron chi connectivity index (χ1n) is 5.99. The number of nitrogens with two attached hydrogens (primary N) is 1. The van der Waals surface area contributed by atoms with Gasteiger partial charge in [0.1, 0.15) is 5.82 Å². The van der Waals surface area contributed by atoms with Gasteiger partial charge in [-0.3, -0.25) is 4.79 Å². The number of halogens is 1. The molecule has 0 spiro atoms. The molecule has 106 valence electrons. The third-order valence-electron chi connectivity index (χ3n) is 2.67. The third-order valence-corrected chi connectivity index (χ3v) is 2.94. The zero-order chi connectivity index (χ0) is 14.7. The van der Waals surface area contributed by atoms with Crippen LogP contribution in [-0.2, 0) is 13.0 Å². The largest absolute Gasteiger partial charge is 0.366 e. The normalized spacial score (nSPS) is 10.6. The number of hydrogen-bond acceptors (Lipinski definition) is 6. The zero-order valence-corrected chi connectivity index (χ0v) is 11.9. The van der Waals surface area contributed by atoms with Crippen LogP contribution in [0.1, 0.15) is 29.0 Å². The van der Waals surface area contributed by atoms with Crippen LogP contribution < -0.4 is 10.6 Å². The Bertz CT molecular complexity index is 628. The van der Waals surface area contributed by atoms with Crippen LogP contribution in [-0.4, -0.2) is 28.1 Å². The molecule has 2 rings (SSSR count). The molecule has 2 aromatic rings. The molecule has 0 aliphatic heterocycles. The molecule has 2 aromatic heterocycles. The van der Waals surface area contributed by atoms with E-state index >= 15 is 0 Å². The average molecular weight is 296 g/mol. The molecule has 0 atom stereocenters. The van der Waals surface area contributed by atoms with E-state index in [2.05, 4.69) is 15.1 Å². The maximum atomic E-state index is 11.0. The lowest BCUT2D eigenvalue weighted by Crippen LogP contribution is -2.19. The summed E-state index contributed by atoms with van der Waals surface area (Å²) in [5, 5.41) is 4.15. The van der Waals surface area contributed by atoms with Crippen LogP contribution in [0.3, 0.4) is 0 Å². The Morgan fingerprint density at radius 1 is 1.55 bits per heavy atom. The van der Waals surface area contributed by atoms with Crippen molar-refractivity contribution in [2.24, 2.45) is 5.73 Å². The van der Waals surface area contributed by atoms with Gasteiger partial charge in [-0.05, 0) is 6.07 Å². The Balaban J connectivity index is 2.16. The second kappa shape index (κ2) is 5.87. The van der Waals surface area contributed by atoms with Crippen molar-refractivity contribution in [1.29, 1.82) is 0 Å². The van der Waals surface area contributed by atoms with Gasteiger partial charge in [0.25, 0.3) is 0 Å². The highest BCUT2D eigenvalue weighted by Crippen LogP contribution is 2.24. The summed E-state index contributed by atoms with van der Waals surface area (Å²) in [5.41, 5.74) is 5.43. The molecule has 8 heteroatoms. The Morgan fingerprint density at radius 3 is 2.85 bits per heavy atom. The van der Waals surface area contributed by atoms with Gasteiger partial charge in [-0.15, -0.1) is 0 Å². The summed E-state index contributed by atoms with van der Waals surface area (Å²) in [5.74, 6) is 1.06. The second-order valence-corrected chi connectivity index (χ2v) is 4.61. The van der Waals surface area contributed by atoms with Gasteiger partial charge >= 0.3 is 0 Å². The monoisotopic (exact) mass is 295 g/mol. The summed E-state index contributed by atoms with van der Waals surface area (Å²) in [6.07, 6.45) is 2.09. The maximum Gasteiger partial charge on any atom is 0.250 e. The van der Waals surface area contributed by atoms with Gasteiger partial charge in [0, 0.05) is 19.7 Å². The smallest absolute Gasteiger partial charge is 0.250 e.